The van der Waals surface area contributed by atoms with Gasteiger partial charge in [-0.1, -0.05) is 53.5 Å². The normalized spacial score (nSPS) is 19.9. The smallest absolute Gasteiger partial charge is 0.239 e. The van der Waals surface area contributed by atoms with Crippen molar-refractivity contribution in [1.82, 2.24) is 4.90 Å². The van der Waals surface area contributed by atoms with Crippen LogP contribution in [0.3, 0.4) is 0 Å². The Labute approximate surface area is 170 Å². The van der Waals surface area contributed by atoms with E-state index in [0.29, 0.717) is 10.0 Å². The second-order valence-corrected chi connectivity index (χ2v) is 7.50. The van der Waals surface area contributed by atoms with E-state index in [-0.39, 0.29) is 30.3 Å². The SMILES string of the molecule is CC(N)C(=O)N(C)[C@H]1CC[C@H](c2ccc(Cl)c(Cl)c2)c2ccccc21.Cl. The lowest BCUT2D eigenvalue weighted by molar-refractivity contribution is -0.133. The molecule has 1 aliphatic rings. The Kier molecular flexibility index (Phi) is 6.98. The second kappa shape index (κ2) is 8.62. The minimum Gasteiger partial charge on any atom is -0.337 e. The highest BCUT2D eigenvalue weighted by Crippen LogP contribution is 2.44. The van der Waals surface area contributed by atoms with Crippen LogP contribution in [0.5, 0.6) is 0 Å². The zero-order valence-electron chi connectivity index (χ0n) is 14.8. The van der Waals surface area contributed by atoms with Crippen molar-refractivity contribution in [2.45, 2.75) is 37.8 Å². The van der Waals surface area contributed by atoms with Crippen molar-refractivity contribution in [3.8, 4) is 0 Å². The molecular formula is C20H23Cl3N2O. The van der Waals surface area contributed by atoms with Crippen LogP contribution in [-0.4, -0.2) is 23.9 Å². The number of benzene rings is 2. The fourth-order valence-electron chi connectivity index (χ4n) is 3.72. The number of amides is 1. The Morgan fingerprint density at radius 1 is 1.12 bits per heavy atom. The molecule has 0 heterocycles. The van der Waals surface area contributed by atoms with Crippen LogP contribution in [0.2, 0.25) is 10.0 Å². The highest BCUT2D eigenvalue weighted by Gasteiger charge is 2.32. The molecule has 0 fully saturated rings. The molecule has 0 aliphatic heterocycles. The first-order chi connectivity index (χ1) is 11.9. The summed E-state index contributed by atoms with van der Waals surface area (Å²) in [5.74, 6) is 0.216. The third-order valence-corrected chi connectivity index (χ3v) is 5.75. The Balaban J connectivity index is 0.00000243. The summed E-state index contributed by atoms with van der Waals surface area (Å²) < 4.78 is 0. The summed E-state index contributed by atoms with van der Waals surface area (Å²) in [6.45, 7) is 1.73. The number of likely N-dealkylation sites (N-methyl/N-ethyl adjacent to an activating group) is 1. The average molecular weight is 414 g/mol. The van der Waals surface area contributed by atoms with Gasteiger partial charge in [0.15, 0.2) is 0 Å². The summed E-state index contributed by atoms with van der Waals surface area (Å²) in [4.78, 5) is 14.1. The molecule has 2 aromatic carbocycles. The quantitative estimate of drug-likeness (QED) is 0.753. The van der Waals surface area contributed by atoms with Crippen molar-refractivity contribution < 1.29 is 4.79 Å². The van der Waals surface area contributed by atoms with Crippen molar-refractivity contribution >= 4 is 41.5 Å². The highest BCUT2D eigenvalue weighted by molar-refractivity contribution is 6.42. The van der Waals surface area contributed by atoms with E-state index in [4.69, 9.17) is 28.9 Å². The standard InChI is InChI=1S/C20H22Cl2N2O.ClH/c1-12(23)20(25)24(2)19-10-8-14(15-5-3-4-6-16(15)19)13-7-9-17(21)18(22)11-13;/h3-7,9,11-12,14,19H,8,10,23H2,1-2H3;1H/t12?,14-,19+;/m1./s1. The summed E-state index contributed by atoms with van der Waals surface area (Å²) in [6, 6.07) is 13.7. The predicted molar refractivity (Wildman–Crippen MR) is 110 cm³/mol. The summed E-state index contributed by atoms with van der Waals surface area (Å²) in [7, 11) is 1.84. The molecule has 1 amide bonds. The maximum atomic E-state index is 12.4. The molecule has 0 aromatic heterocycles. The van der Waals surface area contributed by atoms with Crippen molar-refractivity contribution in [3.63, 3.8) is 0 Å². The Bertz CT molecular complexity index is 794. The number of fused-ring (bicyclic) bond motifs is 1. The van der Waals surface area contributed by atoms with E-state index < -0.39 is 6.04 Å². The van der Waals surface area contributed by atoms with E-state index in [1.165, 1.54) is 11.1 Å². The number of hydrogen-bond donors (Lipinski definition) is 1. The monoisotopic (exact) mass is 412 g/mol. The predicted octanol–water partition coefficient (Wildman–Crippen LogP) is 5.19. The van der Waals surface area contributed by atoms with E-state index >= 15 is 0 Å². The minimum absolute atomic E-state index is 0. The molecule has 1 unspecified atom stereocenters. The number of halogens is 3. The molecule has 0 bridgehead atoms. The molecule has 26 heavy (non-hydrogen) atoms. The molecule has 0 spiro atoms. The third-order valence-electron chi connectivity index (χ3n) is 5.01. The van der Waals surface area contributed by atoms with E-state index in [1.54, 1.807) is 11.8 Å². The Hall–Kier alpha value is -1.26. The molecule has 6 heteroatoms. The molecule has 1 aliphatic carbocycles. The topological polar surface area (TPSA) is 46.3 Å². The van der Waals surface area contributed by atoms with Gasteiger partial charge in [0, 0.05) is 13.0 Å². The van der Waals surface area contributed by atoms with Gasteiger partial charge in [-0.2, -0.15) is 0 Å². The maximum absolute atomic E-state index is 12.4. The van der Waals surface area contributed by atoms with Gasteiger partial charge in [0.05, 0.1) is 22.1 Å². The van der Waals surface area contributed by atoms with Crippen LogP contribution >= 0.6 is 35.6 Å². The van der Waals surface area contributed by atoms with Gasteiger partial charge in [-0.3, -0.25) is 4.79 Å². The van der Waals surface area contributed by atoms with Gasteiger partial charge < -0.3 is 10.6 Å². The van der Waals surface area contributed by atoms with E-state index in [1.807, 2.05) is 37.4 Å². The van der Waals surface area contributed by atoms with Crippen molar-refractivity contribution in [2.24, 2.45) is 5.73 Å². The van der Waals surface area contributed by atoms with Crippen LogP contribution in [0.15, 0.2) is 42.5 Å². The third kappa shape index (κ3) is 4.01. The summed E-state index contributed by atoms with van der Waals surface area (Å²) in [5.41, 5.74) is 9.37. The summed E-state index contributed by atoms with van der Waals surface area (Å²) >= 11 is 12.3. The lowest BCUT2D eigenvalue weighted by Crippen LogP contribution is -2.42. The fourth-order valence-corrected chi connectivity index (χ4v) is 4.03. The molecule has 3 rings (SSSR count). The van der Waals surface area contributed by atoms with Crippen LogP contribution in [0, 0.1) is 0 Å². The maximum Gasteiger partial charge on any atom is 0.239 e. The molecule has 2 aromatic rings. The number of carbonyl (C=O) groups is 1. The van der Waals surface area contributed by atoms with Gasteiger partial charge >= 0.3 is 0 Å². The highest BCUT2D eigenvalue weighted by atomic mass is 35.5. The molecule has 140 valence electrons. The van der Waals surface area contributed by atoms with Crippen LogP contribution in [0.1, 0.15) is 48.4 Å². The van der Waals surface area contributed by atoms with Gasteiger partial charge in [-0.15, -0.1) is 12.4 Å². The first-order valence-electron chi connectivity index (χ1n) is 8.46. The molecule has 0 saturated heterocycles. The van der Waals surface area contributed by atoms with E-state index in [9.17, 15) is 4.79 Å². The van der Waals surface area contributed by atoms with Crippen molar-refractivity contribution in [1.29, 1.82) is 0 Å². The number of nitrogens with two attached hydrogens (primary N) is 1. The lowest BCUT2D eigenvalue weighted by atomic mass is 9.76. The van der Waals surface area contributed by atoms with Gasteiger partial charge in [0.2, 0.25) is 5.91 Å². The van der Waals surface area contributed by atoms with E-state index in [0.717, 1.165) is 18.4 Å². The zero-order valence-corrected chi connectivity index (χ0v) is 17.1. The van der Waals surface area contributed by atoms with Gasteiger partial charge in [-0.05, 0) is 48.6 Å². The second-order valence-electron chi connectivity index (χ2n) is 6.69. The molecule has 0 saturated carbocycles. The lowest BCUT2D eigenvalue weighted by Gasteiger charge is -2.37. The molecule has 3 nitrogen and oxygen atoms in total. The van der Waals surface area contributed by atoms with E-state index in [2.05, 4.69) is 12.1 Å². The van der Waals surface area contributed by atoms with Crippen LogP contribution in [0.25, 0.3) is 0 Å². The van der Waals surface area contributed by atoms with Crippen LogP contribution in [0.4, 0.5) is 0 Å². The Morgan fingerprint density at radius 3 is 2.38 bits per heavy atom. The van der Waals surface area contributed by atoms with Gasteiger partial charge in [0.1, 0.15) is 0 Å². The number of rotatable bonds is 3. The molecule has 0 radical (unpaired) electrons. The largest absolute Gasteiger partial charge is 0.337 e. The fraction of sp³-hybridized carbons (Fsp3) is 0.350. The molecular weight excluding hydrogens is 391 g/mol. The first kappa shape index (κ1) is 21.0. The molecule has 3 atom stereocenters. The number of carbonyl (C=O) groups excluding carboxylic acids is 1. The van der Waals surface area contributed by atoms with Crippen LogP contribution in [-0.2, 0) is 4.79 Å². The minimum atomic E-state index is -0.495. The van der Waals surface area contributed by atoms with Crippen LogP contribution < -0.4 is 5.73 Å². The summed E-state index contributed by atoms with van der Waals surface area (Å²) in [5, 5.41) is 1.14. The first-order valence-corrected chi connectivity index (χ1v) is 9.21. The van der Waals surface area contributed by atoms with Gasteiger partial charge in [0.25, 0.3) is 0 Å². The molecule has 2 N–H and O–H groups in total. The van der Waals surface area contributed by atoms with Crippen molar-refractivity contribution in [3.05, 3.63) is 69.2 Å². The number of nitrogens with zero attached hydrogens (tertiary/aromatic N) is 1. The Morgan fingerprint density at radius 2 is 1.77 bits per heavy atom. The summed E-state index contributed by atoms with van der Waals surface area (Å²) in [6.07, 6.45) is 1.83. The van der Waals surface area contributed by atoms with Crippen molar-refractivity contribution in [2.75, 3.05) is 7.05 Å². The number of hydrogen-bond acceptors (Lipinski definition) is 2. The average Bonchev–Trinajstić information content (AvgIpc) is 2.62. The zero-order chi connectivity index (χ0) is 18.1. The van der Waals surface area contributed by atoms with Gasteiger partial charge in [-0.25, -0.2) is 0 Å².